The van der Waals surface area contributed by atoms with Gasteiger partial charge in [0.25, 0.3) is 5.91 Å². The van der Waals surface area contributed by atoms with Crippen LogP contribution in [0.5, 0.6) is 0 Å². The average molecular weight is 360 g/mol. The van der Waals surface area contributed by atoms with Crippen molar-refractivity contribution in [2.75, 3.05) is 18.3 Å². The number of amides is 3. The van der Waals surface area contributed by atoms with Crippen LogP contribution >= 0.6 is 22.9 Å². The first-order chi connectivity index (χ1) is 11.0. The van der Waals surface area contributed by atoms with Crippen molar-refractivity contribution in [2.24, 2.45) is 5.16 Å². The molecule has 1 aliphatic heterocycles. The summed E-state index contributed by atoms with van der Waals surface area (Å²) in [5.41, 5.74) is 0.119. The van der Waals surface area contributed by atoms with E-state index < -0.39 is 17.9 Å². The fourth-order valence-corrected chi connectivity index (χ4v) is 2.60. The SMILES string of the molecule is CON=C(C(=O)N[C@@H]1C(=O)N[C@@H]1C)c1csc(NC(=O)CCl)n1. The Kier molecular flexibility index (Phi) is 5.50. The molecule has 0 aromatic carbocycles. The molecule has 1 fully saturated rings. The van der Waals surface area contributed by atoms with Gasteiger partial charge in [-0.25, -0.2) is 4.98 Å². The monoisotopic (exact) mass is 359 g/mol. The molecule has 2 atom stereocenters. The Labute approximate surface area is 140 Å². The summed E-state index contributed by atoms with van der Waals surface area (Å²) in [4.78, 5) is 43.6. The second kappa shape index (κ2) is 7.38. The predicted molar refractivity (Wildman–Crippen MR) is 84.5 cm³/mol. The Bertz CT molecular complexity index is 662. The second-order valence-corrected chi connectivity index (χ2v) is 5.72. The van der Waals surface area contributed by atoms with Crippen LogP contribution in [0.2, 0.25) is 0 Å². The molecule has 0 radical (unpaired) electrons. The number of rotatable bonds is 6. The number of alkyl halides is 1. The van der Waals surface area contributed by atoms with Crippen molar-refractivity contribution in [3.63, 3.8) is 0 Å². The first-order valence-electron chi connectivity index (χ1n) is 6.50. The van der Waals surface area contributed by atoms with E-state index in [1.165, 1.54) is 12.5 Å². The number of β-lactam (4-membered cyclic amide) rings is 1. The minimum absolute atomic E-state index is 0.0953. The van der Waals surface area contributed by atoms with Crippen molar-refractivity contribution in [1.82, 2.24) is 15.6 Å². The minimum atomic E-state index is -0.626. The van der Waals surface area contributed by atoms with Crippen molar-refractivity contribution >= 4 is 51.5 Å². The highest BCUT2D eigenvalue weighted by atomic mass is 35.5. The minimum Gasteiger partial charge on any atom is -0.398 e. The van der Waals surface area contributed by atoms with Gasteiger partial charge in [0.1, 0.15) is 24.7 Å². The van der Waals surface area contributed by atoms with Crippen LogP contribution in [0.4, 0.5) is 5.13 Å². The summed E-state index contributed by atoms with van der Waals surface area (Å²) in [6, 6.07) is -0.789. The lowest BCUT2D eigenvalue weighted by Gasteiger charge is -2.34. The van der Waals surface area contributed by atoms with Gasteiger partial charge in [0, 0.05) is 5.38 Å². The molecular weight excluding hydrogens is 346 g/mol. The lowest BCUT2D eigenvalue weighted by molar-refractivity contribution is -0.134. The zero-order valence-corrected chi connectivity index (χ0v) is 13.8. The number of carbonyl (C=O) groups excluding carboxylic acids is 3. The number of nitrogens with zero attached hydrogens (tertiary/aromatic N) is 2. The third-order valence-corrected chi connectivity index (χ3v) is 3.95. The number of aromatic nitrogens is 1. The highest BCUT2D eigenvalue weighted by Gasteiger charge is 2.38. The quantitative estimate of drug-likeness (QED) is 0.278. The number of anilines is 1. The van der Waals surface area contributed by atoms with Gasteiger partial charge in [-0.2, -0.15) is 0 Å². The van der Waals surface area contributed by atoms with Crippen LogP contribution in [-0.4, -0.2) is 53.5 Å². The topological polar surface area (TPSA) is 122 Å². The highest BCUT2D eigenvalue weighted by Crippen LogP contribution is 2.17. The molecule has 0 spiro atoms. The molecule has 9 nitrogen and oxygen atoms in total. The Morgan fingerprint density at radius 2 is 2.30 bits per heavy atom. The van der Waals surface area contributed by atoms with Gasteiger partial charge in [0.05, 0.1) is 6.04 Å². The van der Waals surface area contributed by atoms with Gasteiger partial charge < -0.3 is 20.8 Å². The zero-order valence-electron chi connectivity index (χ0n) is 12.3. The Morgan fingerprint density at radius 1 is 1.57 bits per heavy atom. The van der Waals surface area contributed by atoms with Gasteiger partial charge >= 0.3 is 0 Å². The molecule has 11 heteroatoms. The molecule has 124 valence electrons. The summed E-state index contributed by atoms with van der Waals surface area (Å²) in [6.45, 7) is 1.77. The standard InChI is InChI=1S/C12H14ClN5O4S/c1-5-8(10(20)14-5)17-11(21)9(18-22-2)6-4-23-12(15-6)16-7(19)3-13/h4-5,8H,3H2,1-2H3,(H,14,20)(H,17,21)(H,15,16,19)/t5-,8+/m1/s1. The van der Waals surface area contributed by atoms with E-state index in [-0.39, 0.29) is 34.4 Å². The molecular formula is C12H14ClN5O4S. The van der Waals surface area contributed by atoms with E-state index in [2.05, 4.69) is 30.9 Å². The van der Waals surface area contributed by atoms with Crippen LogP contribution in [0.3, 0.4) is 0 Å². The maximum Gasteiger partial charge on any atom is 0.276 e. The van der Waals surface area contributed by atoms with Crippen LogP contribution in [0, 0.1) is 0 Å². The van der Waals surface area contributed by atoms with Crippen molar-refractivity contribution in [3.05, 3.63) is 11.1 Å². The van der Waals surface area contributed by atoms with E-state index in [0.717, 1.165) is 11.3 Å². The van der Waals surface area contributed by atoms with E-state index in [9.17, 15) is 14.4 Å². The smallest absolute Gasteiger partial charge is 0.276 e. The van der Waals surface area contributed by atoms with Gasteiger partial charge in [-0.3, -0.25) is 14.4 Å². The number of nitrogens with one attached hydrogen (secondary N) is 3. The first kappa shape index (κ1) is 17.2. The molecule has 0 aliphatic carbocycles. The fourth-order valence-electron chi connectivity index (χ4n) is 1.82. The maximum absolute atomic E-state index is 12.3. The summed E-state index contributed by atoms with van der Waals surface area (Å²) in [6.07, 6.45) is 0. The average Bonchev–Trinajstić information content (AvgIpc) is 2.98. The van der Waals surface area contributed by atoms with E-state index in [1.54, 1.807) is 6.92 Å². The molecule has 0 bridgehead atoms. The Hall–Kier alpha value is -2.20. The molecule has 1 aromatic heterocycles. The summed E-state index contributed by atoms with van der Waals surface area (Å²) in [5.74, 6) is -1.49. The predicted octanol–water partition coefficient (Wildman–Crippen LogP) is -0.326. The fraction of sp³-hybridized carbons (Fsp3) is 0.417. The van der Waals surface area contributed by atoms with Gasteiger partial charge in [-0.1, -0.05) is 5.16 Å². The largest absolute Gasteiger partial charge is 0.398 e. The van der Waals surface area contributed by atoms with Crippen molar-refractivity contribution in [2.45, 2.75) is 19.0 Å². The van der Waals surface area contributed by atoms with Crippen LogP contribution in [0.15, 0.2) is 10.5 Å². The first-order valence-corrected chi connectivity index (χ1v) is 7.91. The van der Waals surface area contributed by atoms with E-state index in [1.807, 2.05) is 0 Å². The van der Waals surface area contributed by atoms with Crippen LogP contribution < -0.4 is 16.0 Å². The number of oxime groups is 1. The van der Waals surface area contributed by atoms with Gasteiger partial charge in [-0.15, -0.1) is 22.9 Å². The maximum atomic E-state index is 12.3. The van der Waals surface area contributed by atoms with Crippen molar-refractivity contribution < 1.29 is 19.2 Å². The third-order valence-electron chi connectivity index (χ3n) is 2.95. The highest BCUT2D eigenvalue weighted by molar-refractivity contribution is 7.14. The van der Waals surface area contributed by atoms with Crippen molar-refractivity contribution in [3.8, 4) is 0 Å². The van der Waals surface area contributed by atoms with Crippen LogP contribution in [0.25, 0.3) is 0 Å². The summed E-state index contributed by atoms with van der Waals surface area (Å²) in [5, 5.41) is 13.1. The van der Waals surface area contributed by atoms with Gasteiger partial charge in [0.15, 0.2) is 10.8 Å². The summed E-state index contributed by atoms with van der Waals surface area (Å²) in [7, 11) is 1.29. The Morgan fingerprint density at radius 3 is 2.87 bits per heavy atom. The van der Waals surface area contributed by atoms with E-state index in [4.69, 9.17) is 11.6 Å². The summed E-state index contributed by atoms with van der Waals surface area (Å²) < 4.78 is 0. The number of halogens is 1. The molecule has 3 N–H and O–H groups in total. The third kappa shape index (κ3) is 3.96. The van der Waals surface area contributed by atoms with Gasteiger partial charge in [0.2, 0.25) is 11.8 Å². The van der Waals surface area contributed by atoms with Crippen molar-refractivity contribution in [1.29, 1.82) is 0 Å². The lowest BCUT2D eigenvalue weighted by Crippen LogP contribution is -2.68. The zero-order chi connectivity index (χ0) is 17.0. The summed E-state index contributed by atoms with van der Waals surface area (Å²) >= 11 is 6.50. The molecule has 3 amide bonds. The van der Waals surface area contributed by atoms with Gasteiger partial charge in [-0.05, 0) is 6.92 Å². The molecule has 2 rings (SSSR count). The lowest BCUT2D eigenvalue weighted by atomic mass is 10.0. The number of thiazole rings is 1. The number of hydrogen-bond donors (Lipinski definition) is 3. The Balaban J connectivity index is 2.12. The van der Waals surface area contributed by atoms with Crippen LogP contribution in [-0.2, 0) is 19.2 Å². The molecule has 0 saturated carbocycles. The van der Waals surface area contributed by atoms with E-state index in [0.29, 0.717) is 0 Å². The molecule has 2 heterocycles. The number of carbonyl (C=O) groups is 3. The normalized spacial score (nSPS) is 20.3. The molecule has 23 heavy (non-hydrogen) atoms. The molecule has 1 aromatic rings. The molecule has 1 aliphatic rings. The van der Waals surface area contributed by atoms with E-state index >= 15 is 0 Å². The molecule has 0 unspecified atom stereocenters. The van der Waals surface area contributed by atoms with Crippen LogP contribution in [0.1, 0.15) is 12.6 Å². The second-order valence-electron chi connectivity index (χ2n) is 4.59. The molecule has 1 saturated heterocycles. The number of hydrogen-bond acceptors (Lipinski definition) is 7.